The Hall–Kier alpha value is -2.20. The lowest BCUT2D eigenvalue weighted by atomic mass is 9.93. The van der Waals surface area contributed by atoms with Crippen LogP contribution in [0, 0.1) is 5.92 Å². The van der Waals surface area contributed by atoms with Gasteiger partial charge in [-0.05, 0) is 50.6 Å². The maximum atomic E-state index is 12.1. The van der Waals surface area contributed by atoms with Gasteiger partial charge in [0.15, 0.2) is 0 Å². The van der Waals surface area contributed by atoms with Crippen LogP contribution in [0.5, 0.6) is 0 Å². The van der Waals surface area contributed by atoms with Crippen molar-refractivity contribution < 1.29 is 9.53 Å². The largest absolute Gasteiger partial charge is 0.444 e. The smallest absolute Gasteiger partial charge is 0.407 e. The summed E-state index contributed by atoms with van der Waals surface area (Å²) in [7, 11) is 0. The highest BCUT2D eigenvalue weighted by molar-refractivity contribution is 5.68. The molecule has 1 aromatic carbocycles. The first-order valence-corrected chi connectivity index (χ1v) is 8.29. The number of carbonyl (C=O) groups is 1. The number of nitrogens with one attached hydrogen (secondary N) is 1. The van der Waals surface area contributed by atoms with Gasteiger partial charge in [-0.15, -0.1) is 0 Å². The summed E-state index contributed by atoms with van der Waals surface area (Å²) >= 11 is 0. The molecular weight excluding hydrogens is 304 g/mol. The highest BCUT2D eigenvalue weighted by Gasteiger charge is 2.26. The molecule has 132 valence electrons. The summed E-state index contributed by atoms with van der Waals surface area (Å²) in [5, 5.41) is 6.82. The van der Waals surface area contributed by atoms with Crippen LogP contribution in [-0.2, 0) is 11.2 Å². The van der Waals surface area contributed by atoms with E-state index in [9.17, 15) is 4.79 Å². The normalized spacial score (nSPS) is 13.8. The summed E-state index contributed by atoms with van der Waals surface area (Å²) in [6.45, 7) is 9.59. The van der Waals surface area contributed by atoms with Gasteiger partial charge in [0, 0.05) is 11.0 Å². The third-order valence-corrected chi connectivity index (χ3v) is 3.38. The Morgan fingerprint density at radius 3 is 2.42 bits per heavy atom. The molecule has 1 aromatic rings. The van der Waals surface area contributed by atoms with E-state index >= 15 is 0 Å². The van der Waals surface area contributed by atoms with Crippen LogP contribution in [-0.4, -0.2) is 23.8 Å². The first-order chi connectivity index (χ1) is 11.2. The Bertz CT molecular complexity index is 560. The number of ether oxygens (including phenoxy) is 1. The molecule has 0 spiro atoms. The molecule has 0 heterocycles. The zero-order valence-corrected chi connectivity index (χ0v) is 15.2. The Labute approximate surface area is 144 Å². The molecule has 0 aliphatic rings. The molecule has 24 heavy (non-hydrogen) atoms. The van der Waals surface area contributed by atoms with E-state index in [4.69, 9.17) is 10.3 Å². The van der Waals surface area contributed by atoms with E-state index in [0.29, 0.717) is 18.8 Å². The van der Waals surface area contributed by atoms with Crippen molar-refractivity contribution in [3.63, 3.8) is 0 Å². The van der Waals surface area contributed by atoms with Crippen molar-refractivity contribution in [3.05, 3.63) is 46.3 Å². The Kier molecular flexibility index (Phi) is 7.59. The number of azide groups is 1. The molecule has 1 N–H and O–H groups in total. The van der Waals surface area contributed by atoms with E-state index in [1.54, 1.807) is 0 Å². The van der Waals surface area contributed by atoms with Crippen molar-refractivity contribution >= 4 is 6.09 Å². The van der Waals surface area contributed by atoms with Gasteiger partial charge in [-0.3, -0.25) is 0 Å². The summed E-state index contributed by atoms with van der Waals surface area (Å²) in [4.78, 5) is 15.1. The van der Waals surface area contributed by atoms with Crippen LogP contribution in [0.25, 0.3) is 10.4 Å². The SMILES string of the molecule is CC(C)C[C@H](NC(=O)OC(C)(C)C)[C@@H](Cc1ccccc1)N=[N+]=[N-]. The fourth-order valence-electron chi connectivity index (χ4n) is 2.46. The Balaban J connectivity index is 2.91. The van der Waals surface area contributed by atoms with E-state index in [2.05, 4.69) is 29.2 Å². The minimum atomic E-state index is -0.570. The molecule has 0 unspecified atom stereocenters. The van der Waals surface area contributed by atoms with Gasteiger partial charge >= 0.3 is 6.09 Å². The fourth-order valence-corrected chi connectivity index (χ4v) is 2.46. The van der Waals surface area contributed by atoms with Crippen molar-refractivity contribution in [2.75, 3.05) is 0 Å². The van der Waals surface area contributed by atoms with Crippen LogP contribution in [0.3, 0.4) is 0 Å². The number of carbonyl (C=O) groups excluding carboxylic acids is 1. The van der Waals surface area contributed by atoms with Crippen molar-refractivity contribution in [1.29, 1.82) is 0 Å². The second kappa shape index (κ2) is 9.18. The maximum absolute atomic E-state index is 12.1. The molecule has 0 saturated carbocycles. The molecule has 0 bridgehead atoms. The average molecular weight is 332 g/mol. The molecule has 1 rings (SSSR count). The van der Waals surface area contributed by atoms with E-state index in [1.165, 1.54) is 0 Å². The maximum Gasteiger partial charge on any atom is 0.407 e. The number of alkyl carbamates (subject to hydrolysis) is 1. The number of amides is 1. The number of benzene rings is 1. The van der Waals surface area contributed by atoms with Crippen molar-refractivity contribution in [2.45, 2.75) is 65.1 Å². The van der Waals surface area contributed by atoms with E-state index in [-0.39, 0.29) is 12.1 Å². The highest BCUT2D eigenvalue weighted by atomic mass is 16.6. The molecule has 6 nitrogen and oxygen atoms in total. The Morgan fingerprint density at radius 2 is 1.92 bits per heavy atom. The van der Waals surface area contributed by atoms with E-state index in [0.717, 1.165) is 5.56 Å². The first kappa shape index (κ1) is 19.8. The second-order valence-corrected chi connectivity index (χ2v) is 7.34. The molecule has 0 aliphatic heterocycles. The number of hydrogen-bond donors (Lipinski definition) is 1. The van der Waals surface area contributed by atoms with Crippen LogP contribution in [0.2, 0.25) is 0 Å². The molecule has 6 heteroatoms. The zero-order valence-electron chi connectivity index (χ0n) is 15.2. The van der Waals surface area contributed by atoms with Gasteiger partial charge in [0.1, 0.15) is 5.60 Å². The number of nitrogens with zero attached hydrogens (tertiary/aromatic N) is 3. The molecule has 0 aromatic heterocycles. The molecule has 0 aliphatic carbocycles. The summed E-state index contributed by atoms with van der Waals surface area (Å²) < 4.78 is 5.34. The predicted octanol–water partition coefficient (Wildman–Crippen LogP) is 4.85. The van der Waals surface area contributed by atoms with Gasteiger partial charge in [0.2, 0.25) is 0 Å². The number of rotatable bonds is 7. The van der Waals surface area contributed by atoms with Crippen LogP contribution < -0.4 is 5.32 Å². The first-order valence-electron chi connectivity index (χ1n) is 8.29. The molecular formula is C18H28N4O2. The topological polar surface area (TPSA) is 87.1 Å². The van der Waals surface area contributed by atoms with E-state index < -0.39 is 11.7 Å². The van der Waals surface area contributed by atoms with Gasteiger partial charge in [-0.2, -0.15) is 0 Å². The molecule has 0 fully saturated rings. The third-order valence-electron chi connectivity index (χ3n) is 3.38. The van der Waals surface area contributed by atoms with Gasteiger partial charge < -0.3 is 10.1 Å². The lowest BCUT2D eigenvalue weighted by Gasteiger charge is -2.28. The monoisotopic (exact) mass is 332 g/mol. The van der Waals surface area contributed by atoms with Gasteiger partial charge in [-0.1, -0.05) is 49.3 Å². The predicted molar refractivity (Wildman–Crippen MR) is 95.7 cm³/mol. The molecule has 1 amide bonds. The lowest BCUT2D eigenvalue weighted by molar-refractivity contribution is 0.0490. The Morgan fingerprint density at radius 1 is 1.29 bits per heavy atom. The van der Waals surface area contributed by atoms with Crippen LogP contribution >= 0.6 is 0 Å². The molecule has 0 radical (unpaired) electrons. The highest BCUT2D eigenvalue weighted by Crippen LogP contribution is 2.17. The minimum absolute atomic E-state index is 0.282. The van der Waals surface area contributed by atoms with Crippen molar-refractivity contribution in [1.82, 2.24) is 5.32 Å². The van der Waals surface area contributed by atoms with Gasteiger partial charge in [0.25, 0.3) is 0 Å². The van der Waals surface area contributed by atoms with Gasteiger partial charge in [-0.25, -0.2) is 4.79 Å². The zero-order chi connectivity index (χ0) is 18.2. The van der Waals surface area contributed by atoms with Crippen LogP contribution in [0.4, 0.5) is 4.79 Å². The van der Waals surface area contributed by atoms with Crippen LogP contribution in [0.15, 0.2) is 35.4 Å². The lowest BCUT2D eigenvalue weighted by Crippen LogP contribution is -2.46. The fraction of sp³-hybridized carbons (Fsp3) is 0.611. The van der Waals surface area contributed by atoms with E-state index in [1.807, 2.05) is 51.1 Å². The second-order valence-electron chi connectivity index (χ2n) is 7.34. The summed E-state index contributed by atoms with van der Waals surface area (Å²) in [5.74, 6) is 0.345. The molecule has 0 saturated heterocycles. The van der Waals surface area contributed by atoms with Gasteiger partial charge in [0.05, 0.1) is 6.04 Å². The third kappa shape index (κ3) is 7.88. The summed E-state index contributed by atoms with van der Waals surface area (Å²) in [6, 6.07) is 9.15. The standard InChI is InChI=1S/C18H28N4O2/c1-13(2)11-15(20-17(23)24-18(3,4)5)16(21-22-19)12-14-9-7-6-8-10-14/h6-10,13,15-16H,11-12H2,1-5H3,(H,20,23)/t15-,16+/m0/s1. The molecule has 2 atom stereocenters. The minimum Gasteiger partial charge on any atom is -0.444 e. The van der Waals surface area contributed by atoms with Crippen molar-refractivity contribution in [2.24, 2.45) is 11.0 Å². The van der Waals surface area contributed by atoms with Crippen LogP contribution in [0.1, 0.15) is 46.6 Å². The average Bonchev–Trinajstić information content (AvgIpc) is 2.44. The quantitative estimate of drug-likeness (QED) is 0.439. The summed E-state index contributed by atoms with van der Waals surface area (Å²) in [6.07, 6.45) is 0.785. The van der Waals surface area contributed by atoms with Crippen molar-refractivity contribution in [3.8, 4) is 0 Å². The summed E-state index contributed by atoms with van der Waals surface area (Å²) in [5.41, 5.74) is 9.43. The number of hydrogen-bond acceptors (Lipinski definition) is 3.